The number of hydrogen-bond acceptors (Lipinski definition) is 4. The van der Waals surface area contributed by atoms with E-state index in [1.165, 1.54) is 16.7 Å². The van der Waals surface area contributed by atoms with Crippen molar-refractivity contribution in [1.82, 2.24) is 14.5 Å². The lowest BCUT2D eigenvalue weighted by atomic mass is 10.1. The first-order valence-corrected chi connectivity index (χ1v) is 11.1. The Morgan fingerprint density at radius 2 is 1.83 bits per heavy atom. The van der Waals surface area contributed by atoms with E-state index in [9.17, 15) is 22.4 Å². The predicted molar refractivity (Wildman–Crippen MR) is 123 cm³/mol. The van der Waals surface area contributed by atoms with Crippen LogP contribution in [0, 0.1) is 28.9 Å². The molecule has 0 N–H and O–H groups in total. The Kier molecular flexibility index (Phi) is 6.49. The van der Waals surface area contributed by atoms with Crippen LogP contribution in [0.25, 0.3) is 10.9 Å². The molecule has 0 amide bonds. The smallest absolute Gasteiger partial charge is 0.317 e. The van der Waals surface area contributed by atoms with Gasteiger partial charge in [-0.1, -0.05) is 12.0 Å². The topological polar surface area (TPSA) is 51.0 Å². The summed E-state index contributed by atoms with van der Waals surface area (Å²) in [4.78, 5) is 21.3. The van der Waals surface area contributed by atoms with Crippen LogP contribution in [0.1, 0.15) is 39.3 Å². The molecule has 190 valence electrons. The average molecular weight is 508 g/mol. The molecule has 36 heavy (non-hydrogen) atoms. The van der Waals surface area contributed by atoms with Gasteiger partial charge in [0.1, 0.15) is 5.82 Å². The molecule has 0 aliphatic heterocycles. The summed E-state index contributed by atoms with van der Waals surface area (Å²) in [6.45, 7) is 3.94. The minimum absolute atomic E-state index is 0.0823. The molecule has 0 unspecified atom stereocenters. The predicted octanol–water partition coefficient (Wildman–Crippen LogP) is 5.62. The molecular formula is C25H22F6N4O. The lowest BCUT2D eigenvalue weighted by Gasteiger charge is -2.29. The monoisotopic (exact) mass is 508 g/mol. The van der Waals surface area contributed by atoms with Crippen LogP contribution in [0.2, 0.25) is 0 Å². The van der Waals surface area contributed by atoms with E-state index < -0.39 is 64.9 Å². The minimum atomic E-state index is -3.03. The van der Waals surface area contributed by atoms with Crippen molar-refractivity contribution in [2.45, 2.75) is 52.0 Å². The molecule has 5 nitrogen and oxygen atoms in total. The van der Waals surface area contributed by atoms with Crippen LogP contribution < -0.4 is 10.6 Å². The molecule has 0 radical (unpaired) electrons. The summed E-state index contributed by atoms with van der Waals surface area (Å²) in [5, 5.41) is -0.258. The van der Waals surface area contributed by atoms with Gasteiger partial charge < -0.3 is 4.90 Å². The number of fused-ring (bicyclic) bond motifs is 1. The fourth-order valence-corrected chi connectivity index (χ4v) is 3.95. The highest BCUT2D eigenvalue weighted by Crippen LogP contribution is 2.50. The van der Waals surface area contributed by atoms with Crippen molar-refractivity contribution in [3.05, 3.63) is 58.3 Å². The SMILES string of the molecule is CC(C)(C)n1c(=O)nc(N(CC(F)F)c2ccnc(C#CC3(C(F)F)CC3)c2F)c2c(F)cccc21. The number of anilines is 2. The van der Waals surface area contributed by atoms with E-state index in [2.05, 4.69) is 21.8 Å². The van der Waals surface area contributed by atoms with Crippen molar-refractivity contribution < 1.29 is 26.3 Å². The Morgan fingerprint density at radius 1 is 1.14 bits per heavy atom. The van der Waals surface area contributed by atoms with Crippen LogP contribution in [0.15, 0.2) is 35.3 Å². The van der Waals surface area contributed by atoms with Crippen LogP contribution in [0.4, 0.5) is 37.8 Å². The third-order valence-electron chi connectivity index (χ3n) is 5.89. The van der Waals surface area contributed by atoms with E-state index in [-0.39, 0.29) is 23.7 Å². The molecule has 1 aliphatic rings. The number of pyridine rings is 1. The number of nitrogens with zero attached hydrogens (tertiary/aromatic N) is 4. The van der Waals surface area contributed by atoms with Crippen LogP contribution in [-0.4, -0.2) is 33.9 Å². The van der Waals surface area contributed by atoms with Crippen LogP contribution in [0.5, 0.6) is 0 Å². The largest absolute Gasteiger partial charge is 0.350 e. The van der Waals surface area contributed by atoms with E-state index in [4.69, 9.17) is 0 Å². The normalized spacial score (nSPS) is 14.8. The lowest BCUT2D eigenvalue weighted by Crippen LogP contribution is -2.38. The number of halogens is 6. The summed E-state index contributed by atoms with van der Waals surface area (Å²) in [7, 11) is 0. The average Bonchev–Trinajstić information content (AvgIpc) is 3.57. The molecule has 1 aliphatic carbocycles. The fourth-order valence-electron chi connectivity index (χ4n) is 3.95. The number of rotatable bonds is 5. The summed E-state index contributed by atoms with van der Waals surface area (Å²) >= 11 is 0. The molecule has 3 aromatic rings. The van der Waals surface area contributed by atoms with Crippen molar-refractivity contribution in [3.8, 4) is 11.8 Å². The molecule has 0 bridgehead atoms. The van der Waals surface area contributed by atoms with Crippen molar-refractivity contribution >= 4 is 22.4 Å². The second-order valence-corrected chi connectivity index (χ2v) is 9.56. The maximum Gasteiger partial charge on any atom is 0.350 e. The molecule has 0 saturated heterocycles. The Hall–Kier alpha value is -3.55. The Bertz CT molecular complexity index is 1430. The van der Waals surface area contributed by atoms with Gasteiger partial charge in [0.2, 0.25) is 0 Å². The van der Waals surface area contributed by atoms with E-state index in [1.807, 2.05) is 0 Å². The van der Waals surface area contributed by atoms with Gasteiger partial charge in [0.15, 0.2) is 17.3 Å². The van der Waals surface area contributed by atoms with Crippen LogP contribution in [-0.2, 0) is 5.54 Å². The first kappa shape index (κ1) is 25.5. The summed E-state index contributed by atoms with van der Waals surface area (Å²) < 4.78 is 85.5. The first-order chi connectivity index (χ1) is 16.9. The van der Waals surface area contributed by atoms with Gasteiger partial charge in [0, 0.05) is 11.7 Å². The highest BCUT2D eigenvalue weighted by molar-refractivity contribution is 5.92. The van der Waals surface area contributed by atoms with Crippen LogP contribution >= 0.6 is 0 Å². The zero-order valence-electron chi connectivity index (χ0n) is 19.6. The van der Waals surface area contributed by atoms with Crippen molar-refractivity contribution in [3.63, 3.8) is 0 Å². The van der Waals surface area contributed by atoms with Gasteiger partial charge in [-0.25, -0.2) is 36.1 Å². The zero-order chi connectivity index (χ0) is 26.4. The highest BCUT2D eigenvalue weighted by atomic mass is 19.3. The van der Waals surface area contributed by atoms with Gasteiger partial charge in [-0.15, -0.1) is 0 Å². The first-order valence-electron chi connectivity index (χ1n) is 11.1. The van der Waals surface area contributed by atoms with Gasteiger partial charge in [-0.2, -0.15) is 4.98 Å². The summed E-state index contributed by atoms with van der Waals surface area (Å²) in [6, 6.07) is 4.92. The van der Waals surface area contributed by atoms with Gasteiger partial charge in [0.05, 0.1) is 28.6 Å². The number of alkyl halides is 4. The Morgan fingerprint density at radius 3 is 2.42 bits per heavy atom. The molecule has 11 heteroatoms. The maximum atomic E-state index is 15.5. The zero-order valence-corrected chi connectivity index (χ0v) is 19.6. The van der Waals surface area contributed by atoms with Crippen molar-refractivity contribution in [2.75, 3.05) is 11.4 Å². The lowest BCUT2D eigenvalue weighted by molar-refractivity contribution is 0.0921. The van der Waals surface area contributed by atoms with E-state index in [1.54, 1.807) is 20.8 Å². The van der Waals surface area contributed by atoms with Crippen molar-refractivity contribution in [2.24, 2.45) is 5.41 Å². The Labute approximate surface area is 202 Å². The molecule has 2 aromatic heterocycles. The third-order valence-corrected chi connectivity index (χ3v) is 5.89. The highest BCUT2D eigenvalue weighted by Gasteiger charge is 2.50. The quantitative estimate of drug-likeness (QED) is 0.332. The second-order valence-electron chi connectivity index (χ2n) is 9.56. The number of hydrogen-bond donors (Lipinski definition) is 0. The molecule has 1 aromatic carbocycles. The van der Waals surface area contributed by atoms with E-state index in [0.29, 0.717) is 4.90 Å². The standard InChI is InChI=1S/C25H22F6N4O/c1-24(2,3)35-16-6-4-5-14(26)19(16)21(33-23(35)36)34(13-18(27)28)17-8-12-32-15(20(17)29)7-9-25(10-11-25)22(30)31/h4-6,8,12,18,22H,10-11,13H2,1-3H3. The third kappa shape index (κ3) is 4.64. The van der Waals surface area contributed by atoms with Gasteiger partial charge in [-0.3, -0.25) is 4.57 Å². The molecule has 0 spiro atoms. The molecule has 2 heterocycles. The van der Waals surface area contributed by atoms with Crippen molar-refractivity contribution in [1.29, 1.82) is 0 Å². The fraction of sp³-hybridized carbons (Fsp3) is 0.400. The van der Waals surface area contributed by atoms with E-state index >= 15 is 8.78 Å². The summed E-state index contributed by atoms with van der Waals surface area (Å²) in [6.07, 6.45) is -4.39. The van der Waals surface area contributed by atoms with Gasteiger partial charge in [0.25, 0.3) is 12.9 Å². The van der Waals surface area contributed by atoms with Gasteiger partial charge in [-0.05, 0) is 57.7 Å². The minimum Gasteiger partial charge on any atom is -0.317 e. The summed E-state index contributed by atoms with van der Waals surface area (Å²) in [5.74, 6) is 2.10. The molecule has 4 rings (SSSR count). The maximum absolute atomic E-state index is 15.5. The molecular weight excluding hydrogens is 486 g/mol. The van der Waals surface area contributed by atoms with E-state index in [0.717, 1.165) is 18.3 Å². The second kappa shape index (κ2) is 9.15. The van der Waals surface area contributed by atoms with Gasteiger partial charge >= 0.3 is 5.69 Å². The van der Waals surface area contributed by atoms with Crippen LogP contribution in [0.3, 0.4) is 0 Å². The Balaban J connectivity index is 1.95. The molecule has 0 atom stereocenters. The number of aromatic nitrogens is 3. The molecule has 1 saturated carbocycles. The summed E-state index contributed by atoms with van der Waals surface area (Å²) in [5.41, 5.74) is -4.18. The number of benzene rings is 1. The molecule has 1 fully saturated rings.